The zero-order valence-corrected chi connectivity index (χ0v) is 30.0. The molecule has 0 spiro atoms. The summed E-state index contributed by atoms with van der Waals surface area (Å²) in [5.74, 6) is 0.651. The minimum Gasteiger partial charge on any atom is -0.438 e. The summed E-state index contributed by atoms with van der Waals surface area (Å²) in [5, 5.41) is 12.0. The molecular formula is C49H29N3OS. The monoisotopic (exact) mass is 707 g/mol. The fourth-order valence-electron chi connectivity index (χ4n) is 8.57. The van der Waals surface area contributed by atoms with Crippen molar-refractivity contribution in [3.63, 3.8) is 0 Å². The van der Waals surface area contributed by atoms with Crippen LogP contribution in [-0.4, -0.2) is 14.5 Å². The molecule has 12 aromatic rings. The first-order valence-electron chi connectivity index (χ1n) is 18.2. The molecule has 5 heteroatoms. The molecule has 0 N–H and O–H groups in total. The first-order chi connectivity index (χ1) is 26.7. The average Bonchev–Trinajstić information content (AvgIpc) is 3.90. The summed E-state index contributed by atoms with van der Waals surface area (Å²) >= 11 is 1.89. The second-order valence-electron chi connectivity index (χ2n) is 14.2. The van der Waals surface area contributed by atoms with Crippen LogP contribution < -0.4 is 0 Å². The predicted molar refractivity (Wildman–Crippen MR) is 227 cm³/mol. The summed E-state index contributed by atoms with van der Waals surface area (Å²) in [6.07, 6.45) is 0. The molecule has 0 atom stereocenters. The van der Waals surface area contributed by atoms with Gasteiger partial charge in [0.25, 0.3) is 0 Å². The summed E-state index contributed by atoms with van der Waals surface area (Å²) in [6.45, 7) is 2.09. The van der Waals surface area contributed by atoms with E-state index < -0.39 is 0 Å². The second kappa shape index (κ2) is 11.1. The van der Waals surface area contributed by atoms with Gasteiger partial charge in [-0.1, -0.05) is 127 Å². The van der Waals surface area contributed by atoms with Crippen LogP contribution in [0.4, 0.5) is 0 Å². The number of thiophene rings is 1. The number of nitrogens with zero attached hydrogens (tertiary/aromatic N) is 3. The van der Waals surface area contributed by atoms with Crippen LogP contribution in [0, 0.1) is 6.92 Å². The normalized spacial score (nSPS) is 12.2. The highest BCUT2D eigenvalue weighted by atomic mass is 32.1. The van der Waals surface area contributed by atoms with Crippen LogP contribution in [0.3, 0.4) is 0 Å². The summed E-state index contributed by atoms with van der Waals surface area (Å²) in [6, 6.07) is 56.6. The van der Waals surface area contributed by atoms with Gasteiger partial charge < -0.3 is 8.98 Å². The molecular weight excluding hydrogens is 679 g/mol. The van der Waals surface area contributed by atoms with Crippen LogP contribution in [0.2, 0.25) is 0 Å². The maximum Gasteiger partial charge on any atom is 0.231 e. The zero-order valence-electron chi connectivity index (χ0n) is 29.2. The van der Waals surface area contributed by atoms with Crippen molar-refractivity contribution in [3.05, 3.63) is 163 Å². The Morgan fingerprint density at radius 3 is 2.09 bits per heavy atom. The van der Waals surface area contributed by atoms with E-state index in [1.165, 1.54) is 58.3 Å². The van der Waals surface area contributed by atoms with E-state index in [4.69, 9.17) is 14.4 Å². The Hall–Kier alpha value is -6.82. The van der Waals surface area contributed by atoms with Crippen molar-refractivity contribution in [3.8, 4) is 28.3 Å². The molecule has 0 saturated carbocycles. The molecule has 0 saturated heterocycles. The number of aryl methyl sites for hydroxylation is 1. The van der Waals surface area contributed by atoms with E-state index in [1.807, 2.05) is 29.5 Å². The second-order valence-corrected chi connectivity index (χ2v) is 15.3. The van der Waals surface area contributed by atoms with Crippen molar-refractivity contribution >= 4 is 96.9 Å². The van der Waals surface area contributed by atoms with Gasteiger partial charge in [0.2, 0.25) is 5.71 Å². The van der Waals surface area contributed by atoms with Gasteiger partial charge in [-0.15, -0.1) is 11.3 Å². The Morgan fingerprint density at radius 2 is 1.22 bits per heavy atom. The molecule has 0 bridgehead atoms. The summed E-state index contributed by atoms with van der Waals surface area (Å²) in [5.41, 5.74) is 9.05. The van der Waals surface area contributed by atoms with Crippen LogP contribution in [0.1, 0.15) is 5.56 Å². The van der Waals surface area contributed by atoms with Crippen LogP contribution >= 0.6 is 11.3 Å². The Bertz CT molecular complexity index is 3510. The van der Waals surface area contributed by atoms with Gasteiger partial charge in [-0.05, 0) is 59.5 Å². The van der Waals surface area contributed by atoms with Gasteiger partial charge in [-0.3, -0.25) is 0 Å². The van der Waals surface area contributed by atoms with Crippen molar-refractivity contribution < 1.29 is 4.42 Å². The SMILES string of the molecule is Cc1ccc(-c2nc(-c3ccc4cc(-n5c6ccccc6c6c7ccccc7c7sc8ccccc8c7c65)ccc4c3)c3c(n2)oc2ccccc23)cc1. The molecule has 0 aliphatic rings. The van der Waals surface area contributed by atoms with Crippen LogP contribution in [0.5, 0.6) is 0 Å². The fourth-order valence-corrected chi connectivity index (χ4v) is 9.81. The van der Waals surface area contributed by atoms with Gasteiger partial charge >= 0.3 is 0 Å². The van der Waals surface area contributed by atoms with Gasteiger partial charge in [0.05, 0.1) is 22.1 Å². The first kappa shape index (κ1) is 29.7. The van der Waals surface area contributed by atoms with Crippen molar-refractivity contribution in [2.45, 2.75) is 6.92 Å². The van der Waals surface area contributed by atoms with Crippen LogP contribution in [0.25, 0.3) is 114 Å². The van der Waals surface area contributed by atoms with Gasteiger partial charge in [0.15, 0.2) is 5.82 Å². The molecule has 0 aliphatic carbocycles. The van der Waals surface area contributed by atoms with E-state index in [9.17, 15) is 0 Å². The molecule has 252 valence electrons. The van der Waals surface area contributed by atoms with E-state index in [-0.39, 0.29) is 0 Å². The Labute approximate surface area is 313 Å². The minimum absolute atomic E-state index is 0.596. The fraction of sp³-hybridized carbons (Fsp3) is 0.0204. The lowest BCUT2D eigenvalue weighted by Gasteiger charge is -2.12. The number of para-hydroxylation sites is 2. The zero-order chi connectivity index (χ0) is 35.5. The van der Waals surface area contributed by atoms with Crippen molar-refractivity contribution in [1.82, 2.24) is 14.5 Å². The number of benzene rings is 8. The third kappa shape index (κ3) is 4.18. The van der Waals surface area contributed by atoms with E-state index in [2.05, 4.69) is 151 Å². The van der Waals surface area contributed by atoms with Crippen LogP contribution in [0.15, 0.2) is 162 Å². The number of hydrogen-bond acceptors (Lipinski definition) is 4. The molecule has 0 aliphatic heterocycles. The molecule has 0 fully saturated rings. The largest absolute Gasteiger partial charge is 0.438 e. The molecule has 4 heterocycles. The number of furan rings is 1. The van der Waals surface area contributed by atoms with Crippen molar-refractivity contribution in [1.29, 1.82) is 0 Å². The van der Waals surface area contributed by atoms with Gasteiger partial charge in [-0.25, -0.2) is 4.98 Å². The van der Waals surface area contributed by atoms with Gasteiger partial charge in [-0.2, -0.15) is 4.98 Å². The highest BCUT2D eigenvalue weighted by Crippen LogP contribution is 2.48. The van der Waals surface area contributed by atoms with Crippen molar-refractivity contribution in [2.24, 2.45) is 0 Å². The minimum atomic E-state index is 0.596. The third-order valence-corrected chi connectivity index (χ3v) is 12.3. The molecule has 12 rings (SSSR count). The number of hydrogen-bond donors (Lipinski definition) is 0. The maximum absolute atomic E-state index is 6.34. The highest BCUT2D eigenvalue weighted by molar-refractivity contribution is 7.27. The summed E-state index contributed by atoms with van der Waals surface area (Å²) < 4.78 is 11.5. The predicted octanol–water partition coefficient (Wildman–Crippen LogP) is 13.8. The van der Waals surface area contributed by atoms with Gasteiger partial charge in [0, 0.05) is 58.5 Å². The molecule has 0 amide bonds. The van der Waals surface area contributed by atoms with E-state index in [1.54, 1.807) is 0 Å². The van der Waals surface area contributed by atoms with Crippen LogP contribution in [-0.2, 0) is 0 Å². The summed E-state index contributed by atoms with van der Waals surface area (Å²) in [7, 11) is 0. The number of rotatable bonds is 3. The first-order valence-corrected chi connectivity index (χ1v) is 19.1. The lowest BCUT2D eigenvalue weighted by atomic mass is 9.99. The quantitative estimate of drug-likeness (QED) is 0.184. The summed E-state index contributed by atoms with van der Waals surface area (Å²) in [4.78, 5) is 10.2. The third-order valence-electron chi connectivity index (χ3n) is 11.1. The smallest absolute Gasteiger partial charge is 0.231 e. The lowest BCUT2D eigenvalue weighted by Crippen LogP contribution is -1.95. The van der Waals surface area contributed by atoms with Crippen molar-refractivity contribution in [2.75, 3.05) is 0 Å². The Morgan fingerprint density at radius 1 is 0.537 bits per heavy atom. The Balaban J connectivity index is 1.11. The topological polar surface area (TPSA) is 43.9 Å². The molecule has 0 unspecified atom stereocenters. The number of fused-ring (bicyclic) bond motifs is 14. The Kier molecular flexibility index (Phi) is 6.11. The van der Waals surface area contributed by atoms with E-state index in [0.717, 1.165) is 49.6 Å². The molecule has 0 radical (unpaired) electrons. The molecule has 8 aromatic carbocycles. The highest BCUT2D eigenvalue weighted by Gasteiger charge is 2.22. The van der Waals surface area contributed by atoms with E-state index >= 15 is 0 Å². The lowest BCUT2D eigenvalue weighted by molar-refractivity contribution is 0.653. The average molecular weight is 708 g/mol. The maximum atomic E-state index is 6.34. The molecule has 4 nitrogen and oxygen atoms in total. The van der Waals surface area contributed by atoms with Gasteiger partial charge in [0.1, 0.15) is 5.58 Å². The molecule has 4 aromatic heterocycles. The number of aromatic nitrogens is 3. The standard InChI is InChI=1S/C49H29N3OS/c1-28-18-20-29(21-19-28)48-50-45(43-37-13-5-8-16-40(37)53-49(43)51-48)32-23-22-31-27-33(25-24-30(31)26-32)52-39-15-7-4-12-36(39)42-34-10-2-3-11-35(34)47-44(46(42)52)38-14-6-9-17-41(38)54-47/h2-27H,1H3. The molecule has 54 heavy (non-hydrogen) atoms. The van der Waals surface area contributed by atoms with E-state index in [0.29, 0.717) is 11.5 Å².